The van der Waals surface area contributed by atoms with Crippen LogP contribution in [0.3, 0.4) is 0 Å². The van der Waals surface area contributed by atoms with Crippen LogP contribution in [0.5, 0.6) is 0 Å². The molecule has 1 aromatic heterocycles. The first-order valence-electron chi connectivity index (χ1n) is 8.67. The van der Waals surface area contributed by atoms with Gasteiger partial charge in [-0.15, -0.1) is 0 Å². The van der Waals surface area contributed by atoms with Crippen molar-refractivity contribution in [3.05, 3.63) is 47.3 Å². The molecular weight excluding hydrogens is 354 g/mol. The van der Waals surface area contributed by atoms with Gasteiger partial charge in [0.15, 0.2) is 0 Å². The summed E-state index contributed by atoms with van der Waals surface area (Å²) in [6.07, 6.45) is 2.09. The number of hydrogen-bond acceptors (Lipinski definition) is 5. The zero-order chi connectivity index (χ0) is 18.7. The highest BCUT2D eigenvalue weighted by molar-refractivity contribution is 7.89. The number of carbonyl (C=O) groups is 1. The maximum absolute atomic E-state index is 13.0. The lowest BCUT2D eigenvalue weighted by molar-refractivity contribution is -0.125. The summed E-state index contributed by atoms with van der Waals surface area (Å²) < 4.78 is 32.4. The number of benzene rings is 1. The van der Waals surface area contributed by atoms with Crippen LogP contribution < -0.4 is 5.32 Å². The maximum atomic E-state index is 13.0. The van der Waals surface area contributed by atoms with Gasteiger partial charge in [-0.25, -0.2) is 8.42 Å². The average Bonchev–Trinajstić information content (AvgIpc) is 2.98. The predicted octanol–water partition coefficient (Wildman–Crippen LogP) is 2.15. The van der Waals surface area contributed by atoms with Crippen LogP contribution in [0.2, 0.25) is 0 Å². The SMILES string of the molecule is Cc1noc(C)c1CNC(=O)[C@@H]1CCCCN1S(=O)(=O)c1ccccc1. The summed E-state index contributed by atoms with van der Waals surface area (Å²) in [7, 11) is -3.70. The molecule has 0 bridgehead atoms. The zero-order valence-corrected chi connectivity index (χ0v) is 15.8. The summed E-state index contributed by atoms with van der Waals surface area (Å²) in [6, 6.07) is 7.55. The highest BCUT2D eigenvalue weighted by atomic mass is 32.2. The Morgan fingerprint density at radius 3 is 2.65 bits per heavy atom. The minimum atomic E-state index is -3.70. The number of nitrogens with zero attached hydrogens (tertiary/aromatic N) is 2. The first-order chi connectivity index (χ1) is 12.4. The molecule has 8 heteroatoms. The number of amides is 1. The lowest BCUT2D eigenvalue weighted by Gasteiger charge is -2.33. The van der Waals surface area contributed by atoms with Gasteiger partial charge in [-0.2, -0.15) is 4.31 Å². The van der Waals surface area contributed by atoms with Crippen LogP contribution in [0.4, 0.5) is 0 Å². The molecule has 1 aromatic carbocycles. The second kappa shape index (κ2) is 7.59. The van der Waals surface area contributed by atoms with Gasteiger partial charge < -0.3 is 9.84 Å². The highest BCUT2D eigenvalue weighted by Gasteiger charge is 2.37. The van der Waals surface area contributed by atoms with Crippen molar-refractivity contribution >= 4 is 15.9 Å². The molecule has 0 unspecified atom stereocenters. The number of aryl methyl sites for hydroxylation is 2. The van der Waals surface area contributed by atoms with Crippen molar-refractivity contribution in [1.82, 2.24) is 14.8 Å². The molecule has 1 amide bonds. The molecule has 0 saturated carbocycles. The normalized spacial score (nSPS) is 18.6. The van der Waals surface area contributed by atoms with Gasteiger partial charge in [-0.3, -0.25) is 4.79 Å². The molecule has 140 valence electrons. The van der Waals surface area contributed by atoms with Crippen LogP contribution in [-0.4, -0.2) is 36.4 Å². The molecule has 26 heavy (non-hydrogen) atoms. The Morgan fingerprint density at radius 2 is 2.00 bits per heavy atom. The third kappa shape index (κ3) is 3.66. The van der Waals surface area contributed by atoms with Crippen molar-refractivity contribution in [3.63, 3.8) is 0 Å². The molecule has 1 atom stereocenters. The molecule has 0 aliphatic carbocycles. The van der Waals surface area contributed by atoms with E-state index >= 15 is 0 Å². The van der Waals surface area contributed by atoms with Crippen molar-refractivity contribution in [1.29, 1.82) is 0 Å². The largest absolute Gasteiger partial charge is 0.361 e. The molecule has 7 nitrogen and oxygen atoms in total. The van der Waals surface area contributed by atoms with Crippen LogP contribution in [0.15, 0.2) is 39.8 Å². The second-order valence-corrected chi connectivity index (χ2v) is 8.35. The number of hydrogen-bond donors (Lipinski definition) is 1. The van der Waals surface area contributed by atoms with Crippen LogP contribution in [0.1, 0.15) is 36.3 Å². The van der Waals surface area contributed by atoms with Gasteiger partial charge in [0.2, 0.25) is 15.9 Å². The van der Waals surface area contributed by atoms with E-state index in [-0.39, 0.29) is 17.3 Å². The van der Waals surface area contributed by atoms with Crippen LogP contribution in [0, 0.1) is 13.8 Å². The first-order valence-corrected chi connectivity index (χ1v) is 10.1. The van der Waals surface area contributed by atoms with Gasteiger partial charge in [-0.05, 0) is 38.8 Å². The monoisotopic (exact) mass is 377 g/mol. The summed E-state index contributed by atoms with van der Waals surface area (Å²) >= 11 is 0. The van der Waals surface area contributed by atoms with Crippen LogP contribution in [0.25, 0.3) is 0 Å². The van der Waals surface area contributed by atoms with Gasteiger partial charge >= 0.3 is 0 Å². The Bertz CT molecular complexity index is 858. The third-order valence-electron chi connectivity index (χ3n) is 4.73. The Labute approximate surface area is 153 Å². The summed E-state index contributed by atoms with van der Waals surface area (Å²) in [4.78, 5) is 12.9. The van der Waals surface area contributed by atoms with Crippen molar-refractivity contribution < 1.29 is 17.7 Å². The summed E-state index contributed by atoms with van der Waals surface area (Å²) in [5, 5.41) is 6.71. The minimum Gasteiger partial charge on any atom is -0.361 e. The minimum absolute atomic E-state index is 0.213. The first kappa shape index (κ1) is 18.6. The Balaban J connectivity index is 1.77. The second-order valence-electron chi connectivity index (χ2n) is 6.46. The lowest BCUT2D eigenvalue weighted by Crippen LogP contribution is -2.51. The number of aromatic nitrogens is 1. The number of rotatable bonds is 5. The molecule has 1 fully saturated rings. The van der Waals surface area contributed by atoms with E-state index in [1.165, 1.54) is 4.31 Å². The van der Waals surface area contributed by atoms with Crippen molar-refractivity contribution in [3.8, 4) is 0 Å². The van der Waals surface area contributed by atoms with E-state index in [1.807, 2.05) is 6.92 Å². The standard InChI is InChI=1S/C18H23N3O4S/c1-13-16(14(2)25-20-13)12-19-18(22)17-10-6-7-11-21(17)26(23,24)15-8-4-3-5-9-15/h3-5,8-9,17H,6-7,10-12H2,1-2H3,(H,19,22)/t17-/m0/s1. The van der Waals surface area contributed by atoms with E-state index < -0.39 is 16.1 Å². The highest BCUT2D eigenvalue weighted by Crippen LogP contribution is 2.25. The molecule has 2 aromatic rings. The topological polar surface area (TPSA) is 92.5 Å². The Morgan fingerprint density at radius 1 is 1.27 bits per heavy atom. The molecule has 1 aliphatic rings. The van der Waals surface area contributed by atoms with E-state index in [9.17, 15) is 13.2 Å². The lowest BCUT2D eigenvalue weighted by atomic mass is 10.0. The molecule has 1 aliphatic heterocycles. The number of piperidine rings is 1. The third-order valence-corrected chi connectivity index (χ3v) is 6.65. The molecule has 2 heterocycles. The smallest absolute Gasteiger partial charge is 0.243 e. The average molecular weight is 377 g/mol. The van der Waals surface area contributed by atoms with Crippen LogP contribution in [-0.2, 0) is 21.4 Å². The summed E-state index contributed by atoms with van der Waals surface area (Å²) in [5.41, 5.74) is 1.55. The number of sulfonamides is 1. The van der Waals surface area contributed by atoms with Gasteiger partial charge in [0.25, 0.3) is 0 Å². The number of carbonyl (C=O) groups excluding carboxylic acids is 1. The molecule has 3 rings (SSSR count). The van der Waals surface area contributed by atoms with Crippen molar-refractivity contribution in [2.45, 2.75) is 50.6 Å². The molecule has 0 radical (unpaired) electrons. The van der Waals surface area contributed by atoms with Crippen molar-refractivity contribution in [2.24, 2.45) is 0 Å². The Kier molecular flexibility index (Phi) is 5.43. The van der Waals surface area contributed by atoms with E-state index in [0.717, 1.165) is 24.1 Å². The summed E-state index contributed by atoms with van der Waals surface area (Å²) in [6.45, 7) is 4.22. The summed E-state index contributed by atoms with van der Waals surface area (Å²) in [5.74, 6) is 0.365. The molecular formula is C18H23N3O4S. The van der Waals surface area contributed by atoms with E-state index in [4.69, 9.17) is 4.52 Å². The maximum Gasteiger partial charge on any atom is 0.243 e. The van der Waals surface area contributed by atoms with E-state index in [0.29, 0.717) is 18.7 Å². The van der Waals surface area contributed by atoms with Gasteiger partial charge in [0.1, 0.15) is 11.8 Å². The van der Waals surface area contributed by atoms with Crippen LogP contribution >= 0.6 is 0 Å². The van der Waals surface area contributed by atoms with Gasteiger partial charge in [0, 0.05) is 18.7 Å². The predicted molar refractivity (Wildman–Crippen MR) is 95.8 cm³/mol. The fourth-order valence-electron chi connectivity index (χ4n) is 3.23. The number of nitrogens with one attached hydrogen (secondary N) is 1. The van der Waals surface area contributed by atoms with E-state index in [2.05, 4.69) is 10.5 Å². The van der Waals surface area contributed by atoms with E-state index in [1.54, 1.807) is 37.3 Å². The Hall–Kier alpha value is -2.19. The quantitative estimate of drug-likeness (QED) is 0.862. The van der Waals surface area contributed by atoms with Crippen molar-refractivity contribution in [2.75, 3.05) is 6.54 Å². The van der Waals surface area contributed by atoms with Gasteiger partial charge in [0.05, 0.1) is 10.6 Å². The zero-order valence-electron chi connectivity index (χ0n) is 14.9. The molecule has 0 spiro atoms. The molecule has 1 saturated heterocycles. The van der Waals surface area contributed by atoms with Gasteiger partial charge in [-0.1, -0.05) is 29.8 Å². The fraction of sp³-hybridized carbons (Fsp3) is 0.444. The fourth-order valence-corrected chi connectivity index (χ4v) is 4.91. The molecule has 1 N–H and O–H groups in total.